The molecule has 3 aliphatic rings. The standard InChI is InChI=1S/C36H61NO/c1-11-15-28(34(38)26(5)37)18-19-29-31(22-32-33(29)36(32,9)10)25(4)30(27-16-13-12-14-17-27)21-23(2)20-24(3)35(6,7)8/h24,27-33H,2,4-5,11-22,37H2,1,3,6-10H3/t24?,28?,29?,30-,31-,32?,33?/m1/s1. The molecular weight excluding hydrogens is 462 g/mol. The molecule has 7 atom stereocenters. The van der Waals surface area contributed by atoms with Crippen LogP contribution in [0.25, 0.3) is 0 Å². The first-order valence-electron chi connectivity index (χ1n) is 16.0. The minimum Gasteiger partial charge on any atom is -0.396 e. The molecule has 0 heterocycles. The summed E-state index contributed by atoms with van der Waals surface area (Å²) in [7, 11) is 0. The van der Waals surface area contributed by atoms with Gasteiger partial charge in [0.25, 0.3) is 0 Å². The van der Waals surface area contributed by atoms with Crippen molar-refractivity contribution in [2.24, 2.45) is 63.9 Å². The predicted molar refractivity (Wildman–Crippen MR) is 165 cm³/mol. The van der Waals surface area contributed by atoms with Crippen molar-refractivity contribution in [1.29, 1.82) is 0 Å². The van der Waals surface area contributed by atoms with Gasteiger partial charge in [0.05, 0.1) is 5.70 Å². The van der Waals surface area contributed by atoms with Crippen LogP contribution in [0, 0.1) is 58.2 Å². The molecule has 216 valence electrons. The lowest BCUT2D eigenvalue weighted by molar-refractivity contribution is -0.119. The van der Waals surface area contributed by atoms with Gasteiger partial charge in [-0.15, -0.1) is 0 Å². The van der Waals surface area contributed by atoms with E-state index in [2.05, 4.69) is 61.6 Å². The van der Waals surface area contributed by atoms with Gasteiger partial charge in [-0.2, -0.15) is 0 Å². The maximum absolute atomic E-state index is 12.8. The van der Waals surface area contributed by atoms with E-state index in [9.17, 15) is 4.79 Å². The van der Waals surface area contributed by atoms with Gasteiger partial charge in [-0.1, -0.05) is 105 Å². The molecule has 2 heteroatoms. The van der Waals surface area contributed by atoms with Crippen molar-refractivity contribution in [3.05, 3.63) is 36.6 Å². The Morgan fingerprint density at radius 3 is 2.21 bits per heavy atom. The quantitative estimate of drug-likeness (QED) is 0.182. The van der Waals surface area contributed by atoms with E-state index >= 15 is 0 Å². The second-order valence-corrected chi connectivity index (χ2v) is 15.4. The summed E-state index contributed by atoms with van der Waals surface area (Å²) in [5.74, 6) is 4.90. The Morgan fingerprint density at radius 2 is 1.66 bits per heavy atom. The predicted octanol–water partition coefficient (Wildman–Crippen LogP) is 9.90. The number of hydrogen-bond acceptors (Lipinski definition) is 2. The van der Waals surface area contributed by atoms with Crippen molar-refractivity contribution >= 4 is 5.78 Å². The van der Waals surface area contributed by atoms with Gasteiger partial charge in [-0.25, -0.2) is 0 Å². The average molecular weight is 524 g/mol. The Morgan fingerprint density at radius 1 is 1.03 bits per heavy atom. The maximum atomic E-state index is 12.8. The molecule has 0 spiro atoms. The number of hydrogen-bond donors (Lipinski definition) is 1. The lowest BCUT2D eigenvalue weighted by atomic mass is 9.66. The summed E-state index contributed by atoms with van der Waals surface area (Å²) >= 11 is 0. The lowest BCUT2D eigenvalue weighted by Gasteiger charge is -2.39. The normalized spacial score (nSPS) is 29.2. The van der Waals surface area contributed by atoms with Crippen molar-refractivity contribution in [2.45, 2.75) is 126 Å². The van der Waals surface area contributed by atoms with Crippen molar-refractivity contribution in [3.63, 3.8) is 0 Å². The topological polar surface area (TPSA) is 43.1 Å². The minimum absolute atomic E-state index is 0.0279. The number of carbonyl (C=O) groups excluding carboxylic acids is 1. The number of allylic oxidation sites excluding steroid dienone is 3. The monoisotopic (exact) mass is 523 g/mol. The van der Waals surface area contributed by atoms with Gasteiger partial charge in [-0.3, -0.25) is 4.79 Å². The zero-order valence-corrected chi connectivity index (χ0v) is 26.2. The number of fused-ring (bicyclic) bond motifs is 1. The highest BCUT2D eigenvalue weighted by Gasteiger charge is 2.66. The van der Waals surface area contributed by atoms with E-state index in [0.717, 1.165) is 56.3 Å². The van der Waals surface area contributed by atoms with Crippen LogP contribution in [0.3, 0.4) is 0 Å². The number of nitrogens with two attached hydrogens (primary N) is 1. The number of Topliss-reactive ketones (excluding diaryl/α,β-unsaturated/α-hetero) is 1. The van der Waals surface area contributed by atoms with Gasteiger partial charge < -0.3 is 5.73 Å². The summed E-state index contributed by atoms with van der Waals surface area (Å²) < 4.78 is 0. The first kappa shape index (κ1) is 31.2. The first-order valence-corrected chi connectivity index (χ1v) is 16.0. The Bertz CT molecular complexity index is 866. The maximum Gasteiger partial charge on any atom is 0.180 e. The molecule has 0 aliphatic heterocycles. The molecule has 3 aliphatic carbocycles. The molecule has 0 aromatic rings. The molecule has 0 aromatic carbocycles. The summed E-state index contributed by atoms with van der Waals surface area (Å²) in [4.78, 5) is 12.8. The van der Waals surface area contributed by atoms with Gasteiger partial charge in [0.2, 0.25) is 0 Å². The van der Waals surface area contributed by atoms with Gasteiger partial charge in [-0.05, 0) is 104 Å². The lowest BCUT2D eigenvalue weighted by Crippen LogP contribution is -2.29. The highest BCUT2D eigenvalue weighted by Crippen LogP contribution is 2.73. The second kappa shape index (κ2) is 12.5. The molecule has 0 bridgehead atoms. The van der Waals surface area contributed by atoms with Crippen LogP contribution < -0.4 is 5.73 Å². The van der Waals surface area contributed by atoms with Crippen LogP contribution in [0.5, 0.6) is 0 Å². The molecule has 0 amide bonds. The highest BCUT2D eigenvalue weighted by atomic mass is 16.1. The van der Waals surface area contributed by atoms with E-state index in [1.54, 1.807) is 0 Å². The van der Waals surface area contributed by atoms with E-state index < -0.39 is 0 Å². The number of rotatable bonds is 14. The van der Waals surface area contributed by atoms with Crippen LogP contribution in [0.4, 0.5) is 0 Å². The molecule has 3 fully saturated rings. The number of carbonyl (C=O) groups is 1. The molecule has 0 saturated heterocycles. The summed E-state index contributed by atoms with van der Waals surface area (Å²) in [6.45, 7) is 29.9. The largest absolute Gasteiger partial charge is 0.396 e. The first-order chi connectivity index (χ1) is 17.7. The molecule has 3 rings (SSSR count). The van der Waals surface area contributed by atoms with Crippen LogP contribution in [0.2, 0.25) is 0 Å². The Balaban J connectivity index is 1.78. The van der Waals surface area contributed by atoms with Crippen LogP contribution >= 0.6 is 0 Å². The fraction of sp³-hybridized carbons (Fsp3) is 0.806. The van der Waals surface area contributed by atoms with Gasteiger partial charge in [0, 0.05) is 5.92 Å². The zero-order valence-electron chi connectivity index (χ0n) is 26.2. The minimum atomic E-state index is 0.0279. The Labute approximate surface area is 236 Å². The smallest absolute Gasteiger partial charge is 0.180 e. The summed E-state index contributed by atoms with van der Waals surface area (Å²) in [5.41, 5.74) is 9.82. The van der Waals surface area contributed by atoms with Crippen LogP contribution in [0.15, 0.2) is 36.6 Å². The fourth-order valence-electron chi connectivity index (χ4n) is 8.55. The third-order valence-corrected chi connectivity index (χ3v) is 11.6. The summed E-state index contributed by atoms with van der Waals surface area (Å²) in [5, 5.41) is 0. The summed E-state index contributed by atoms with van der Waals surface area (Å²) in [6.07, 6.45) is 14.4. The van der Waals surface area contributed by atoms with Crippen molar-refractivity contribution in [3.8, 4) is 0 Å². The molecule has 3 saturated carbocycles. The van der Waals surface area contributed by atoms with Crippen LogP contribution in [-0.4, -0.2) is 5.78 Å². The van der Waals surface area contributed by atoms with Gasteiger partial charge >= 0.3 is 0 Å². The molecular formula is C36H61NO. The molecule has 5 unspecified atom stereocenters. The van der Waals surface area contributed by atoms with Crippen molar-refractivity contribution in [1.82, 2.24) is 0 Å². The third-order valence-electron chi connectivity index (χ3n) is 11.6. The highest BCUT2D eigenvalue weighted by molar-refractivity contribution is 5.95. The fourth-order valence-corrected chi connectivity index (χ4v) is 8.55. The molecule has 2 N–H and O–H groups in total. The molecule has 0 aromatic heterocycles. The molecule has 2 nitrogen and oxygen atoms in total. The van der Waals surface area contributed by atoms with Crippen molar-refractivity contribution in [2.75, 3.05) is 0 Å². The van der Waals surface area contributed by atoms with E-state index in [0.29, 0.717) is 34.5 Å². The van der Waals surface area contributed by atoms with Gasteiger partial charge in [0.15, 0.2) is 5.78 Å². The van der Waals surface area contributed by atoms with Crippen LogP contribution in [0.1, 0.15) is 126 Å². The van der Waals surface area contributed by atoms with E-state index in [4.69, 9.17) is 12.3 Å². The second-order valence-electron chi connectivity index (χ2n) is 15.4. The summed E-state index contributed by atoms with van der Waals surface area (Å²) in [6, 6.07) is 0. The van der Waals surface area contributed by atoms with Crippen LogP contribution in [-0.2, 0) is 4.79 Å². The van der Waals surface area contributed by atoms with E-state index in [1.807, 2.05) is 0 Å². The average Bonchev–Trinajstić information content (AvgIpc) is 3.17. The SMILES string of the molecule is C=C(CC(C)C(C)(C)C)C[C@H](C(=C)[C@H]1CC2C(C1CCC(CCC)C(=O)C(=C)N)C2(C)C)C1CCCCC1. The Kier molecular flexibility index (Phi) is 10.2. The molecule has 0 radical (unpaired) electrons. The van der Waals surface area contributed by atoms with Crippen molar-refractivity contribution < 1.29 is 4.79 Å². The zero-order chi connectivity index (χ0) is 28.4. The van der Waals surface area contributed by atoms with Gasteiger partial charge in [0.1, 0.15) is 0 Å². The van der Waals surface area contributed by atoms with E-state index in [1.165, 1.54) is 49.7 Å². The van der Waals surface area contributed by atoms with E-state index in [-0.39, 0.29) is 17.4 Å². The third kappa shape index (κ3) is 7.06. The molecule has 38 heavy (non-hydrogen) atoms. The Hall–Kier alpha value is -1.31. The number of ketones is 1.